The minimum Gasteiger partial charge on any atom is -0.507 e. The lowest BCUT2D eigenvalue weighted by Crippen LogP contribution is -2.29. The van der Waals surface area contributed by atoms with E-state index in [1.54, 1.807) is 37.4 Å². The summed E-state index contributed by atoms with van der Waals surface area (Å²) in [5, 5.41) is 13.2. The molecule has 2 aromatic carbocycles. The lowest BCUT2D eigenvalue weighted by molar-refractivity contribution is -0.137. The number of rotatable bonds is 7. The number of aryl methyl sites for hydroxylation is 1. The maximum absolute atomic E-state index is 13.3. The van der Waals surface area contributed by atoms with Crippen molar-refractivity contribution in [2.45, 2.75) is 33.0 Å². The lowest BCUT2D eigenvalue weighted by Gasteiger charge is -2.25. The number of thiophene rings is 1. The quantitative estimate of drug-likeness (QED) is 0.214. The van der Waals surface area contributed by atoms with Gasteiger partial charge >= 0.3 is 6.18 Å². The van der Waals surface area contributed by atoms with Crippen molar-refractivity contribution in [3.63, 3.8) is 0 Å². The van der Waals surface area contributed by atoms with Crippen LogP contribution in [0.2, 0.25) is 0 Å². The number of benzene rings is 2. The third-order valence-corrected chi connectivity index (χ3v) is 6.96. The molecule has 1 N–H and O–H groups in total. The van der Waals surface area contributed by atoms with E-state index in [1.165, 1.54) is 17.4 Å². The molecule has 3 aromatic rings. The minimum atomic E-state index is -4.56. The number of aliphatic hydroxyl groups excluding tert-OH is 1. The van der Waals surface area contributed by atoms with Crippen LogP contribution in [0, 0.1) is 6.92 Å². The number of ketones is 1. The molecule has 0 spiro atoms. The van der Waals surface area contributed by atoms with Crippen molar-refractivity contribution in [3.05, 3.63) is 81.1 Å². The van der Waals surface area contributed by atoms with Crippen LogP contribution < -0.4 is 14.4 Å². The Labute approximate surface area is 215 Å². The third-order valence-electron chi connectivity index (χ3n) is 5.89. The topological polar surface area (TPSA) is 76.1 Å². The highest BCUT2D eigenvalue weighted by molar-refractivity contribution is 7.10. The first-order valence-electron chi connectivity index (χ1n) is 11.5. The van der Waals surface area contributed by atoms with Crippen molar-refractivity contribution < 1.29 is 37.3 Å². The van der Waals surface area contributed by atoms with E-state index in [4.69, 9.17) is 9.47 Å². The number of carbonyl (C=O) groups is 2. The lowest BCUT2D eigenvalue weighted by atomic mass is 9.97. The molecule has 37 heavy (non-hydrogen) atoms. The number of amides is 1. The molecule has 1 amide bonds. The van der Waals surface area contributed by atoms with Gasteiger partial charge in [-0.3, -0.25) is 14.5 Å². The normalized spacial score (nSPS) is 17.4. The first-order chi connectivity index (χ1) is 17.6. The van der Waals surface area contributed by atoms with E-state index in [-0.39, 0.29) is 29.2 Å². The molecule has 1 saturated heterocycles. The molecular formula is C27H24F3NO5S. The van der Waals surface area contributed by atoms with Gasteiger partial charge in [0, 0.05) is 16.6 Å². The molecule has 0 radical (unpaired) electrons. The molecule has 1 aromatic heterocycles. The van der Waals surface area contributed by atoms with E-state index in [9.17, 15) is 27.9 Å². The zero-order valence-electron chi connectivity index (χ0n) is 20.3. The van der Waals surface area contributed by atoms with Gasteiger partial charge in [-0.15, -0.1) is 11.3 Å². The Bertz CT molecular complexity index is 1360. The van der Waals surface area contributed by atoms with E-state index < -0.39 is 35.2 Å². The zero-order valence-corrected chi connectivity index (χ0v) is 21.1. The Morgan fingerprint density at radius 1 is 1.03 bits per heavy atom. The van der Waals surface area contributed by atoms with E-state index in [0.29, 0.717) is 17.2 Å². The van der Waals surface area contributed by atoms with Crippen LogP contribution >= 0.6 is 11.3 Å². The predicted molar refractivity (Wildman–Crippen MR) is 134 cm³/mol. The number of alkyl halides is 3. The summed E-state index contributed by atoms with van der Waals surface area (Å²) in [5.74, 6) is -1.60. The summed E-state index contributed by atoms with van der Waals surface area (Å²) in [6, 6.07) is 9.48. The number of carbonyl (C=O) groups excluding carboxylic acids is 2. The highest BCUT2D eigenvalue weighted by Gasteiger charge is 2.48. The van der Waals surface area contributed by atoms with E-state index in [2.05, 4.69) is 0 Å². The van der Waals surface area contributed by atoms with E-state index >= 15 is 0 Å². The summed E-state index contributed by atoms with van der Waals surface area (Å²) < 4.78 is 50.6. The molecule has 0 saturated carbocycles. The summed E-state index contributed by atoms with van der Waals surface area (Å²) in [7, 11) is 0. The molecular weight excluding hydrogens is 507 g/mol. The average Bonchev–Trinajstić information content (AvgIpc) is 3.39. The van der Waals surface area contributed by atoms with Gasteiger partial charge in [-0.1, -0.05) is 0 Å². The SMILES string of the molecule is CCOc1ccc(/C(O)=C2\C(=O)C(=O)N(c3ccc(C(F)(F)F)cc3)C2c2sccc2C)c(OCC)c1. The third kappa shape index (κ3) is 4.93. The van der Waals surface area contributed by atoms with Gasteiger partial charge in [0.25, 0.3) is 11.7 Å². The van der Waals surface area contributed by atoms with Gasteiger partial charge in [-0.05, 0) is 74.2 Å². The van der Waals surface area contributed by atoms with Crippen LogP contribution in [0.1, 0.15) is 41.5 Å². The van der Waals surface area contributed by atoms with Crippen molar-refractivity contribution in [1.82, 2.24) is 0 Å². The second-order valence-electron chi connectivity index (χ2n) is 8.21. The summed E-state index contributed by atoms with van der Waals surface area (Å²) in [6.07, 6.45) is -4.56. The van der Waals surface area contributed by atoms with Crippen LogP contribution in [0.15, 0.2) is 59.5 Å². The molecule has 1 aliphatic rings. The van der Waals surface area contributed by atoms with Crippen LogP contribution in [0.5, 0.6) is 11.5 Å². The maximum Gasteiger partial charge on any atom is 0.416 e. The van der Waals surface area contributed by atoms with Gasteiger partial charge in [-0.25, -0.2) is 0 Å². The van der Waals surface area contributed by atoms with Gasteiger partial charge in [0.2, 0.25) is 0 Å². The van der Waals surface area contributed by atoms with Gasteiger partial charge < -0.3 is 14.6 Å². The highest BCUT2D eigenvalue weighted by Crippen LogP contribution is 2.46. The Kier molecular flexibility index (Phi) is 7.31. The molecule has 10 heteroatoms. The number of hydrogen-bond donors (Lipinski definition) is 1. The number of aliphatic hydroxyl groups is 1. The molecule has 1 atom stereocenters. The van der Waals surface area contributed by atoms with Crippen molar-refractivity contribution in [3.8, 4) is 11.5 Å². The summed E-state index contributed by atoms with van der Waals surface area (Å²) in [6.45, 7) is 6.05. The molecule has 1 fully saturated rings. The van der Waals surface area contributed by atoms with Crippen molar-refractivity contribution in [1.29, 1.82) is 0 Å². The van der Waals surface area contributed by atoms with Gasteiger partial charge in [0.05, 0.1) is 29.9 Å². The Hall–Kier alpha value is -3.79. The fraction of sp³-hybridized carbons (Fsp3) is 0.259. The summed E-state index contributed by atoms with van der Waals surface area (Å²) >= 11 is 1.27. The van der Waals surface area contributed by atoms with Crippen molar-refractivity contribution >= 4 is 34.5 Å². The molecule has 2 heterocycles. The van der Waals surface area contributed by atoms with Crippen molar-refractivity contribution in [2.75, 3.05) is 18.1 Å². The minimum absolute atomic E-state index is 0.101. The fourth-order valence-corrected chi connectivity index (χ4v) is 5.22. The number of anilines is 1. The average molecular weight is 532 g/mol. The summed E-state index contributed by atoms with van der Waals surface area (Å²) in [4.78, 5) is 28.3. The predicted octanol–water partition coefficient (Wildman–Crippen LogP) is 6.50. The number of Topliss-reactive ketones (excluding diaryl/α,β-unsaturated/α-hetero) is 1. The smallest absolute Gasteiger partial charge is 0.416 e. The Balaban J connectivity index is 1.91. The molecule has 1 aliphatic heterocycles. The molecule has 0 aliphatic carbocycles. The Morgan fingerprint density at radius 2 is 1.70 bits per heavy atom. The fourth-order valence-electron chi connectivity index (χ4n) is 4.20. The molecule has 6 nitrogen and oxygen atoms in total. The van der Waals surface area contributed by atoms with Gasteiger partial charge in [0.1, 0.15) is 23.3 Å². The van der Waals surface area contributed by atoms with E-state index in [1.807, 2.05) is 6.92 Å². The van der Waals surface area contributed by atoms with Crippen molar-refractivity contribution in [2.24, 2.45) is 0 Å². The van der Waals surface area contributed by atoms with Crippen LogP contribution in [0.4, 0.5) is 18.9 Å². The zero-order chi connectivity index (χ0) is 26.9. The number of halogens is 3. The standard InChI is InChI=1S/C27H24F3NO5S/c1-4-35-18-10-11-19(20(14-18)36-5-2)23(32)21-22(25-15(3)12-13-37-25)31(26(34)24(21)33)17-8-6-16(7-9-17)27(28,29)30/h6-14,22,32H,4-5H2,1-3H3/b23-21+. The van der Waals surface area contributed by atoms with Crippen LogP contribution in [-0.4, -0.2) is 30.0 Å². The van der Waals surface area contributed by atoms with Crippen LogP contribution in [0.25, 0.3) is 5.76 Å². The molecule has 1 unspecified atom stereocenters. The molecule has 194 valence electrons. The first kappa shape index (κ1) is 26.3. The second-order valence-corrected chi connectivity index (χ2v) is 9.15. The van der Waals surface area contributed by atoms with E-state index in [0.717, 1.165) is 34.7 Å². The largest absolute Gasteiger partial charge is 0.507 e. The molecule has 4 rings (SSSR count). The number of ether oxygens (including phenoxy) is 2. The molecule has 0 bridgehead atoms. The number of hydrogen-bond acceptors (Lipinski definition) is 6. The first-order valence-corrected chi connectivity index (χ1v) is 12.4. The second kappa shape index (κ2) is 10.3. The Morgan fingerprint density at radius 3 is 2.27 bits per heavy atom. The van der Waals surface area contributed by atoms with Crippen LogP contribution in [-0.2, 0) is 15.8 Å². The van der Waals surface area contributed by atoms with Gasteiger partial charge in [-0.2, -0.15) is 13.2 Å². The maximum atomic E-state index is 13.3. The van der Waals surface area contributed by atoms with Crippen LogP contribution in [0.3, 0.4) is 0 Å². The summed E-state index contributed by atoms with van der Waals surface area (Å²) in [5.41, 5.74) is -0.0111. The monoisotopic (exact) mass is 531 g/mol. The van der Waals surface area contributed by atoms with Gasteiger partial charge in [0.15, 0.2) is 0 Å². The highest BCUT2D eigenvalue weighted by atomic mass is 32.1. The number of nitrogens with zero attached hydrogens (tertiary/aromatic N) is 1.